The molecule has 0 unspecified atom stereocenters. The average Bonchev–Trinajstić information content (AvgIpc) is 3.05. The summed E-state index contributed by atoms with van der Waals surface area (Å²) < 4.78 is 28.1. The zero-order valence-corrected chi connectivity index (χ0v) is 13.7. The molecule has 0 radical (unpaired) electrons. The summed E-state index contributed by atoms with van der Waals surface area (Å²) in [5.41, 5.74) is 0.400. The number of halogens is 3. The van der Waals surface area contributed by atoms with Crippen LogP contribution >= 0.6 is 12.4 Å². The molecule has 130 valence electrons. The number of rotatable bonds is 4. The molecule has 1 aliphatic heterocycles. The molecule has 2 aromatic rings. The minimum absolute atomic E-state index is 0. The van der Waals surface area contributed by atoms with E-state index in [0.29, 0.717) is 0 Å². The van der Waals surface area contributed by atoms with Gasteiger partial charge in [-0.05, 0) is 32.0 Å². The van der Waals surface area contributed by atoms with Gasteiger partial charge in [0, 0.05) is 18.2 Å². The van der Waals surface area contributed by atoms with Crippen molar-refractivity contribution in [3.8, 4) is 0 Å². The number of carbonyl (C=O) groups excluding carboxylic acids is 1. The molecule has 2 N–H and O–H groups in total. The van der Waals surface area contributed by atoms with E-state index in [9.17, 15) is 13.6 Å². The van der Waals surface area contributed by atoms with Crippen molar-refractivity contribution in [2.75, 3.05) is 13.1 Å². The fraction of sp³-hybridized carbons (Fsp3) is 0.400. The van der Waals surface area contributed by atoms with Crippen molar-refractivity contribution in [1.82, 2.24) is 25.6 Å². The lowest BCUT2D eigenvalue weighted by Crippen LogP contribution is -2.29. The number of nitrogens with zero attached hydrogens (tertiary/aromatic N) is 3. The second-order valence-electron chi connectivity index (χ2n) is 5.48. The topological polar surface area (TPSA) is 71.8 Å². The van der Waals surface area contributed by atoms with E-state index in [4.69, 9.17) is 0 Å². The highest BCUT2D eigenvalue weighted by Crippen LogP contribution is 2.17. The third kappa shape index (κ3) is 4.27. The van der Waals surface area contributed by atoms with Crippen LogP contribution in [0.4, 0.5) is 8.78 Å². The number of amides is 1. The Balaban J connectivity index is 0.00000208. The molecule has 6 nitrogen and oxygen atoms in total. The first kappa shape index (κ1) is 18.3. The second-order valence-corrected chi connectivity index (χ2v) is 5.48. The number of nitrogens with one attached hydrogen (secondary N) is 2. The fourth-order valence-corrected chi connectivity index (χ4v) is 2.56. The van der Waals surface area contributed by atoms with Gasteiger partial charge in [0.2, 0.25) is 0 Å². The van der Waals surface area contributed by atoms with E-state index < -0.39 is 17.5 Å². The predicted molar refractivity (Wildman–Crippen MR) is 85.9 cm³/mol. The summed E-state index contributed by atoms with van der Waals surface area (Å²) in [4.78, 5) is 12.1. The Hall–Kier alpha value is -2.06. The summed E-state index contributed by atoms with van der Waals surface area (Å²) in [5.74, 6) is -1.78. The van der Waals surface area contributed by atoms with Gasteiger partial charge in [0.1, 0.15) is 11.6 Å². The first-order valence-electron chi connectivity index (χ1n) is 7.48. The van der Waals surface area contributed by atoms with Crippen LogP contribution in [0, 0.1) is 11.6 Å². The van der Waals surface area contributed by atoms with Crippen LogP contribution in [-0.4, -0.2) is 34.0 Å². The van der Waals surface area contributed by atoms with Crippen LogP contribution in [0.1, 0.15) is 34.9 Å². The SMILES string of the molecule is Cl.O=C(NCc1ccc(F)cc1F)c1cn(C2CCNCC2)nn1. The molecule has 2 heterocycles. The van der Waals surface area contributed by atoms with E-state index in [1.165, 1.54) is 6.07 Å². The van der Waals surface area contributed by atoms with Crippen molar-refractivity contribution in [2.45, 2.75) is 25.4 Å². The van der Waals surface area contributed by atoms with Crippen molar-refractivity contribution in [3.05, 3.63) is 47.3 Å². The van der Waals surface area contributed by atoms with Crippen LogP contribution in [0.15, 0.2) is 24.4 Å². The van der Waals surface area contributed by atoms with Gasteiger partial charge in [0.25, 0.3) is 5.91 Å². The number of piperidine rings is 1. The molecule has 1 fully saturated rings. The quantitative estimate of drug-likeness (QED) is 0.875. The van der Waals surface area contributed by atoms with Gasteiger partial charge < -0.3 is 10.6 Å². The molecule has 1 saturated heterocycles. The Labute approximate surface area is 144 Å². The normalized spacial score (nSPS) is 14.9. The number of hydrogen-bond donors (Lipinski definition) is 2. The van der Waals surface area contributed by atoms with Gasteiger partial charge in [0.15, 0.2) is 5.69 Å². The maximum absolute atomic E-state index is 13.5. The number of carbonyl (C=O) groups is 1. The maximum atomic E-state index is 13.5. The van der Waals surface area contributed by atoms with Crippen LogP contribution in [0.2, 0.25) is 0 Å². The van der Waals surface area contributed by atoms with Crippen molar-refractivity contribution in [3.63, 3.8) is 0 Å². The summed E-state index contributed by atoms with van der Waals surface area (Å²) in [6, 6.07) is 3.48. The molecule has 0 saturated carbocycles. The van der Waals surface area contributed by atoms with Crippen LogP contribution in [0.5, 0.6) is 0 Å². The fourth-order valence-electron chi connectivity index (χ4n) is 2.56. The van der Waals surface area contributed by atoms with Gasteiger partial charge in [-0.1, -0.05) is 11.3 Å². The van der Waals surface area contributed by atoms with Crippen molar-refractivity contribution in [2.24, 2.45) is 0 Å². The summed E-state index contributed by atoms with van der Waals surface area (Å²) in [7, 11) is 0. The molecule has 9 heteroatoms. The van der Waals surface area contributed by atoms with Gasteiger partial charge in [0.05, 0.1) is 12.2 Å². The molecule has 1 aromatic heterocycles. The van der Waals surface area contributed by atoms with Crippen molar-refractivity contribution < 1.29 is 13.6 Å². The van der Waals surface area contributed by atoms with Gasteiger partial charge in [-0.2, -0.15) is 0 Å². The smallest absolute Gasteiger partial charge is 0.273 e. The van der Waals surface area contributed by atoms with E-state index in [-0.39, 0.29) is 36.3 Å². The molecule has 0 bridgehead atoms. The lowest BCUT2D eigenvalue weighted by molar-refractivity contribution is 0.0945. The molecule has 0 aliphatic carbocycles. The molecule has 1 amide bonds. The van der Waals surface area contributed by atoms with Gasteiger partial charge in [-0.25, -0.2) is 13.5 Å². The van der Waals surface area contributed by atoms with Gasteiger partial charge in [-0.3, -0.25) is 4.79 Å². The Morgan fingerprint density at radius 1 is 1.33 bits per heavy atom. The molecular formula is C15H18ClF2N5O. The molecule has 0 atom stereocenters. The largest absolute Gasteiger partial charge is 0.346 e. The number of hydrogen-bond acceptors (Lipinski definition) is 4. The Morgan fingerprint density at radius 3 is 2.79 bits per heavy atom. The monoisotopic (exact) mass is 357 g/mol. The summed E-state index contributed by atoms with van der Waals surface area (Å²) in [6.07, 6.45) is 3.47. The van der Waals surface area contributed by atoms with Crippen molar-refractivity contribution >= 4 is 18.3 Å². The van der Waals surface area contributed by atoms with Crippen LogP contribution in [0.25, 0.3) is 0 Å². The lowest BCUT2D eigenvalue weighted by Gasteiger charge is -2.22. The molecule has 0 spiro atoms. The molecular weight excluding hydrogens is 340 g/mol. The standard InChI is InChI=1S/C15H17F2N5O.ClH/c16-11-2-1-10(13(17)7-11)8-19-15(23)14-9-22(21-20-14)12-3-5-18-6-4-12;/h1-2,7,9,12,18H,3-6,8H2,(H,19,23);1H. The van der Waals surface area contributed by atoms with E-state index in [2.05, 4.69) is 20.9 Å². The lowest BCUT2D eigenvalue weighted by atomic mass is 10.1. The summed E-state index contributed by atoms with van der Waals surface area (Å²) >= 11 is 0. The third-order valence-electron chi connectivity index (χ3n) is 3.88. The minimum Gasteiger partial charge on any atom is -0.346 e. The van der Waals surface area contributed by atoms with E-state index in [1.54, 1.807) is 10.9 Å². The van der Waals surface area contributed by atoms with Crippen LogP contribution < -0.4 is 10.6 Å². The molecule has 3 rings (SSSR count). The summed E-state index contributed by atoms with van der Waals surface area (Å²) in [5, 5.41) is 13.7. The first-order chi connectivity index (χ1) is 11.1. The number of benzene rings is 1. The summed E-state index contributed by atoms with van der Waals surface area (Å²) in [6.45, 7) is 1.79. The van der Waals surface area contributed by atoms with E-state index >= 15 is 0 Å². The zero-order chi connectivity index (χ0) is 16.2. The zero-order valence-electron chi connectivity index (χ0n) is 12.8. The Bertz CT molecular complexity index is 703. The third-order valence-corrected chi connectivity index (χ3v) is 3.88. The highest BCUT2D eigenvalue weighted by Gasteiger charge is 2.18. The Morgan fingerprint density at radius 2 is 2.08 bits per heavy atom. The van der Waals surface area contributed by atoms with E-state index in [0.717, 1.165) is 38.1 Å². The maximum Gasteiger partial charge on any atom is 0.273 e. The van der Waals surface area contributed by atoms with Crippen LogP contribution in [-0.2, 0) is 6.54 Å². The van der Waals surface area contributed by atoms with Crippen LogP contribution in [0.3, 0.4) is 0 Å². The second kappa shape index (κ2) is 8.16. The van der Waals surface area contributed by atoms with Crippen molar-refractivity contribution in [1.29, 1.82) is 0 Å². The van der Waals surface area contributed by atoms with Gasteiger partial charge in [-0.15, -0.1) is 17.5 Å². The van der Waals surface area contributed by atoms with Gasteiger partial charge >= 0.3 is 0 Å². The number of aromatic nitrogens is 3. The average molecular weight is 358 g/mol. The molecule has 1 aromatic carbocycles. The first-order valence-corrected chi connectivity index (χ1v) is 7.48. The Kier molecular flexibility index (Phi) is 6.22. The molecule has 24 heavy (non-hydrogen) atoms. The highest BCUT2D eigenvalue weighted by molar-refractivity contribution is 5.91. The minimum atomic E-state index is -0.691. The molecule has 1 aliphatic rings. The highest BCUT2D eigenvalue weighted by atomic mass is 35.5. The predicted octanol–water partition coefficient (Wildman–Crippen LogP) is 1.83. The van der Waals surface area contributed by atoms with E-state index in [1.807, 2.05) is 0 Å².